The van der Waals surface area contributed by atoms with Crippen molar-refractivity contribution < 1.29 is 14.6 Å². The molecule has 1 atom stereocenters. The smallest absolute Gasteiger partial charge is 0.407 e. The molecule has 0 aliphatic carbocycles. The molecule has 0 aliphatic rings. The number of hydrogen-bond donors (Lipinski definition) is 3. The first-order chi connectivity index (χ1) is 9.59. The van der Waals surface area contributed by atoms with E-state index in [9.17, 15) is 9.90 Å². The first-order valence-corrected chi connectivity index (χ1v) is 7.12. The number of phenolic OH excluding ortho intramolecular Hbond substituents is 1. The number of hydrogen-bond acceptors (Lipinski definition) is 4. The SMILES string of the molecule is CC(N)(CCc1ccccc1O)CNC(=O)OC(C)(C)C. The second kappa shape index (κ2) is 6.80. The summed E-state index contributed by atoms with van der Waals surface area (Å²) in [4.78, 5) is 11.6. The summed E-state index contributed by atoms with van der Waals surface area (Å²) in [6.45, 7) is 7.62. The molecule has 0 bridgehead atoms. The first-order valence-electron chi connectivity index (χ1n) is 7.12. The van der Waals surface area contributed by atoms with E-state index in [1.54, 1.807) is 12.1 Å². The molecule has 1 aromatic rings. The summed E-state index contributed by atoms with van der Waals surface area (Å²) in [6, 6.07) is 7.18. The molecule has 21 heavy (non-hydrogen) atoms. The highest BCUT2D eigenvalue weighted by molar-refractivity contribution is 5.67. The summed E-state index contributed by atoms with van der Waals surface area (Å²) >= 11 is 0. The summed E-state index contributed by atoms with van der Waals surface area (Å²) in [7, 11) is 0. The summed E-state index contributed by atoms with van der Waals surface area (Å²) in [6.07, 6.45) is 0.817. The van der Waals surface area contributed by atoms with Gasteiger partial charge in [0.2, 0.25) is 0 Å². The van der Waals surface area contributed by atoms with Gasteiger partial charge in [0.1, 0.15) is 11.4 Å². The quantitative estimate of drug-likeness (QED) is 0.779. The third-order valence-electron chi connectivity index (χ3n) is 2.99. The molecule has 1 rings (SSSR count). The Hall–Kier alpha value is -1.75. The van der Waals surface area contributed by atoms with Crippen LogP contribution in [-0.4, -0.2) is 28.9 Å². The number of nitrogens with one attached hydrogen (secondary N) is 1. The number of aryl methyl sites for hydroxylation is 1. The fraction of sp³-hybridized carbons (Fsp3) is 0.562. The predicted octanol–water partition coefficient (Wildman–Crippen LogP) is 2.57. The number of carbonyl (C=O) groups excluding carboxylic acids is 1. The molecule has 1 aromatic carbocycles. The molecule has 1 amide bonds. The van der Waals surface area contributed by atoms with Crippen LogP contribution >= 0.6 is 0 Å². The number of carbonyl (C=O) groups is 1. The van der Waals surface area contributed by atoms with Gasteiger partial charge in [-0.2, -0.15) is 0 Å². The van der Waals surface area contributed by atoms with Crippen LogP contribution in [-0.2, 0) is 11.2 Å². The Labute approximate surface area is 126 Å². The maximum absolute atomic E-state index is 11.6. The molecule has 1 unspecified atom stereocenters. The lowest BCUT2D eigenvalue weighted by Gasteiger charge is -2.26. The van der Waals surface area contributed by atoms with Crippen molar-refractivity contribution in [3.05, 3.63) is 29.8 Å². The summed E-state index contributed by atoms with van der Waals surface area (Å²) in [5, 5.41) is 12.4. The maximum Gasteiger partial charge on any atom is 0.407 e. The monoisotopic (exact) mass is 294 g/mol. The average Bonchev–Trinajstić information content (AvgIpc) is 2.34. The van der Waals surface area contributed by atoms with Crippen LogP contribution in [0.1, 0.15) is 39.7 Å². The van der Waals surface area contributed by atoms with E-state index in [0.29, 0.717) is 19.4 Å². The average molecular weight is 294 g/mol. The van der Waals surface area contributed by atoms with Crippen LogP contribution in [0.5, 0.6) is 5.75 Å². The van der Waals surface area contributed by atoms with E-state index in [0.717, 1.165) is 5.56 Å². The number of benzene rings is 1. The Bertz CT molecular complexity index is 479. The molecular weight excluding hydrogens is 268 g/mol. The molecular formula is C16H26N2O3. The second-order valence-corrected chi connectivity index (χ2v) is 6.64. The second-order valence-electron chi connectivity index (χ2n) is 6.64. The number of ether oxygens (including phenoxy) is 1. The minimum atomic E-state index is -0.570. The van der Waals surface area contributed by atoms with Crippen LogP contribution in [0.3, 0.4) is 0 Å². The minimum absolute atomic E-state index is 0.272. The highest BCUT2D eigenvalue weighted by atomic mass is 16.6. The number of para-hydroxylation sites is 1. The Morgan fingerprint density at radius 3 is 2.48 bits per heavy atom. The van der Waals surface area contributed by atoms with Gasteiger partial charge in [-0.25, -0.2) is 4.79 Å². The van der Waals surface area contributed by atoms with Gasteiger partial charge < -0.3 is 20.9 Å². The summed E-state index contributed by atoms with van der Waals surface area (Å²) in [5.41, 5.74) is 5.93. The van der Waals surface area contributed by atoms with E-state index in [1.807, 2.05) is 39.8 Å². The van der Waals surface area contributed by atoms with Gasteiger partial charge in [-0.15, -0.1) is 0 Å². The minimum Gasteiger partial charge on any atom is -0.508 e. The van der Waals surface area contributed by atoms with Crippen molar-refractivity contribution in [1.29, 1.82) is 0 Å². The van der Waals surface area contributed by atoms with Gasteiger partial charge in [-0.3, -0.25) is 0 Å². The van der Waals surface area contributed by atoms with E-state index < -0.39 is 17.2 Å². The van der Waals surface area contributed by atoms with Crippen molar-refractivity contribution in [2.24, 2.45) is 5.73 Å². The van der Waals surface area contributed by atoms with Crippen LogP contribution in [0.15, 0.2) is 24.3 Å². The van der Waals surface area contributed by atoms with Crippen molar-refractivity contribution in [2.75, 3.05) is 6.54 Å². The van der Waals surface area contributed by atoms with Crippen molar-refractivity contribution in [2.45, 2.75) is 51.7 Å². The van der Waals surface area contributed by atoms with E-state index in [1.165, 1.54) is 0 Å². The molecule has 0 saturated carbocycles. The molecule has 5 nitrogen and oxygen atoms in total. The molecule has 5 heteroatoms. The summed E-state index contributed by atoms with van der Waals surface area (Å²) < 4.78 is 5.17. The molecule has 118 valence electrons. The van der Waals surface area contributed by atoms with Gasteiger partial charge in [0.05, 0.1) is 0 Å². The van der Waals surface area contributed by atoms with Gasteiger partial charge in [0.25, 0.3) is 0 Å². The van der Waals surface area contributed by atoms with Gasteiger partial charge in [-0.1, -0.05) is 18.2 Å². The molecule has 0 aromatic heterocycles. The largest absolute Gasteiger partial charge is 0.508 e. The van der Waals surface area contributed by atoms with Crippen molar-refractivity contribution >= 4 is 6.09 Å². The topological polar surface area (TPSA) is 84.6 Å². The van der Waals surface area contributed by atoms with E-state index in [-0.39, 0.29) is 5.75 Å². The molecule has 0 fully saturated rings. The lowest BCUT2D eigenvalue weighted by molar-refractivity contribution is 0.0515. The maximum atomic E-state index is 11.6. The molecule has 0 spiro atoms. The number of amides is 1. The lowest BCUT2D eigenvalue weighted by atomic mass is 9.94. The zero-order valence-electron chi connectivity index (χ0n) is 13.3. The van der Waals surface area contributed by atoms with E-state index >= 15 is 0 Å². The lowest BCUT2D eigenvalue weighted by Crippen LogP contribution is -2.49. The van der Waals surface area contributed by atoms with Crippen LogP contribution in [0.25, 0.3) is 0 Å². The number of aromatic hydroxyl groups is 1. The fourth-order valence-electron chi connectivity index (χ4n) is 1.82. The van der Waals surface area contributed by atoms with Gasteiger partial charge in [0, 0.05) is 12.1 Å². The Morgan fingerprint density at radius 2 is 1.90 bits per heavy atom. The number of alkyl carbamates (subject to hydrolysis) is 1. The van der Waals surface area contributed by atoms with Crippen LogP contribution in [0, 0.1) is 0 Å². The van der Waals surface area contributed by atoms with Crippen molar-refractivity contribution in [1.82, 2.24) is 5.32 Å². The zero-order chi connectivity index (χ0) is 16.1. The van der Waals surface area contributed by atoms with Crippen LogP contribution in [0.4, 0.5) is 4.79 Å². The van der Waals surface area contributed by atoms with Gasteiger partial charge in [-0.05, 0) is 52.2 Å². The highest BCUT2D eigenvalue weighted by Crippen LogP contribution is 2.20. The van der Waals surface area contributed by atoms with Gasteiger partial charge in [0.15, 0.2) is 0 Å². The van der Waals surface area contributed by atoms with Crippen LogP contribution < -0.4 is 11.1 Å². The Morgan fingerprint density at radius 1 is 1.29 bits per heavy atom. The molecule has 0 heterocycles. The first kappa shape index (κ1) is 17.3. The Balaban J connectivity index is 2.44. The predicted molar refractivity (Wildman–Crippen MR) is 83.3 cm³/mol. The third kappa shape index (κ3) is 6.99. The molecule has 4 N–H and O–H groups in total. The standard InChI is InChI=1S/C16H26N2O3/c1-15(2,3)21-14(20)18-11-16(4,17)10-9-12-7-5-6-8-13(12)19/h5-8,19H,9-11,17H2,1-4H3,(H,18,20). The van der Waals surface area contributed by atoms with Crippen LogP contribution in [0.2, 0.25) is 0 Å². The molecule has 0 aliphatic heterocycles. The van der Waals surface area contributed by atoms with E-state index in [4.69, 9.17) is 10.5 Å². The molecule has 0 saturated heterocycles. The highest BCUT2D eigenvalue weighted by Gasteiger charge is 2.22. The third-order valence-corrected chi connectivity index (χ3v) is 2.99. The number of rotatable bonds is 5. The number of nitrogens with two attached hydrogens (primary N) is 1. The van der Waals surface area contributed by atoms with Crippen molar-refractivity contribution in [3.63, 3.8) is 0 Å². The summed E-state index contributed by atoms with van der Waals surface area (Å²) in [5.74, 6) is 0.272. The van der Waals surface area contributed by atoms with Gasteiger partial charge >= 0.3 is 6.09 Å². The Kier molecular flexibility index (Phi) is 5.61. The van der Waals surface area contributed by atoms with Crippen molar-refractivity contribution in [3.8, 4) is 5.75 Å². The number of phenols is 1. The normalized spacial score (nSPS) is 14.3. The van der Waals surface area contributed by atoms with E-state index in [2.05, 4.69) is 5.32 Å². The zero-order valence-corrected chi connectivity index (χ0v) is 13.3. The molecule has 0 radical (unpaired) electrons. The fourth-order valence-corrected chi connectivity index (χ4v) is 1.82.